The number of thiazole rings is 1. The molecule has 1 aromatic heterocycles. The van der Waals surface area contributed by atoms with Gasteiger partial charge in [-0.1, -0.05) is 0 Å². The van der Waals surface area contributed by atoms with Gasteiger partial charge < -0.3 is 15.4 Å². The molecule has 13 heteroatoms. The number of guanidine groups is 1. The van der Waals surface area contributed by atoms with E-state index in [2.05, 4.69) is 25.3 Å². The lowest BCUT2D eigenvalue weighted by atomic mass is 10.4. The number of aromatic nitrogens is 1. The van der Waals surface area contributed by atoms with Gasteiger partial charge in [-0.3, -0.25) is 0 Å². The van der Waals surface area contributed by atoms with E-state index in [0.29, 0.717) is 25.5 Å². The Morgan fingerprint density at radius 1 is 1.23 bits per heavy atom. The highest BCUT2D eigenvalue weighted by molar-refractivity contribution is 14.0. The van der Waals surface area contributed by atoms with Crippen LogP contribution < -0.4 is 10.6 Å². The molecule has 0 aliphatic heterocycles. The Kier molecular flexibility index (Phi) is 11.4. The van der Waals surface area contributed by atoms with E-state index in [0.717, 1.165) is 16.7 Å². The van der Waals surface area contributed by atoms with Crippen LogP contribution in [-0.4, -0.2) is 43.4 Å². The van der Waals surface area contributed by atoms with Crippen molar-refractivity contribution in [3.8, 4) is 0 Å². The van der Waals surface area contributed by atoms with Gasteiger partial charge in [0, 0.05) is 25.1 Å². The summed E-state index contributed by atoms with van der Waals surface area (Å²) in [6.45, 7) is 1.20. The van der Waals surface area contributed by atoms with Crippen LogP contribution in [0.5, 0.6) is 0 Å². The summed E-state index contributed by atoms with van der Waals surface area (Å²) >= 11 is 0.853. The molecule has 0 saturated carbocycles. The molecular formula is C13H19F6IN4OS. The first kappa shape index (κ1) is 25.2. The van der Waals surface area contributed by atoms with Crippen molar-refractivity contribution in [2.75, 3.05) is 26.3 Å². The number of hydrogen-bond donors (Lipinski definition) is 2. The molecule has 1 rings (SSSR count). The fraction of sp³-hybridized carbons (Fsp3) is 0.692. The second kappa shape index (κ2) is 11.8. The molecule has 0 fully saturated rings. The SMILES string of the molecule is CCNC(=NCc1nc(C(F)(F)F)cs1)NCCCOCC(F)(F)F.I. The van der Waals surface area contributed by atoms with Crippen LogP contribution in [0.1, 0.15) is 24.0 Å². The van der Waals surface area contributed by atoms with E-state index in [1.165, 1.54) is 0 Å². The molecular weight excluding hydrogens is 501 g/mol. The summed E-state index contributed by atoms with van der Waals surface area (Å²) in [7, 11) is 0. The van der Waals surface area contributed by atoms with Crippen molar-refractivity contribution in [2.45, 2.75) is 32.2 Å². The van der Waals surface area contributed by atoms with Gasteiger partial charge in [0.25, 0.3) is 0 Å². The average Bonchev–Trinajstić information content (AvgIpc) is 2.96. The lowest BCUT2D eigenvalue weighted by molar-refractivity contribution is -0.173. The van der Waals surface area contributed by atoms with E-state index < -0.39 is 24.7 Å². The monoisotopic (exact) mass is 520 g/mol. The molecule has 0 bridgehead atoms. The summed E-state index contributed by atoms with van der Waals surface area (Å²) in [5.74, 6) is 0.335. The van der Waals surface area contributed by atoms with Gasteiger partial charge in [0.2, 0.25) is 0 Å². The molecule has 0 aliphatic rings. The number of hydrogen-bond acceptors (Lipinski definition) is 4. The van der Waals surface area contributed by atoms with Crippen LogP contribution in [0.25, 0.3) is 0 Å². The molecule has 0 saturated heterocycles. The van der Waals surface area contributed by atoms with E-state index in [4.69, 9.17) is 0 Å². The first-order chi connectivity index (χ1) is 11.6. The van der Waals surface area contributed by atoms with Crippen molar-refractivity contribution < 1.29 is 31.1 Å². The van der Waals surface area contributed by atoms with E-state index in [9.17, 15) is 26.3 Å². The van der Waals surface area contributed by atoms with E-state index in [1.54, 1.807) is 6.92 Å². The first-order valence-electron chi connectivity index (χ1n) is 7.30. The Bertz CT molecular complexity index is 549. The molecule has 0 aliphatic carbocycles. The number of nitrogens with zero attached hydrogens (tertiary/aromatic N) is 2. The number of halogens is 7. The molecule has 0 unspecified atom stereocenters. The highest BCUT2D eigenvalue weighted by Gasteiger charge is 2.33. The van der Waals surface area contributed by atoms with Crippen molar-refractivity contribution >= 4 is 41.3 Å². The zero-order valence-corrected chi connectivity index (χ0v) is 16.9. The number of alkyl halides is 6. The van der Waals surface area contributed by atoms with Gasteiger partial charge in [0.15, 0.2) is 11.7 Å². The summed E-state index contributed by atoms with van der Waals surface area (Å²) < 4.78 is 77.5. The summed E-state index contributed by atoms with van der Waals surface area (Å²) in [6.07, 6.45) is -8.53. The topological polar surface area (TPSA) is 58.5 Å². The van der Waals surface area contributed by atoms with Gasteiger partial charge in [-0.15, -0.1) is 35.3 Å². The van der Waals surface area contributed by atoms with E-state index >= 15 is 0 Å². The Balaban J connectivity index is 0.00000625. The lowest BCUT2D eigenvalue weighted by Crippen LogP contribution is -2.38. The highest BCUT2D eigenvalue weighted by atomic mass is 127. The number of aliphatic imine (C=N–C) groups is 1. The maximum absolute atomic E-state index is 12.5. The van der Waals surface area contributed by atoms with E-state index in [-0.39, 0.29) is 42.1 Å². The molecule has 0 radical (unpaired) electrons. The quantitative estimate of drug-likeness (QED) is 0.180. The number of nitrogens with one attached hydrogen (secondary N) is 2. The van der Waals surface area contributed by atoms with Crippen molar-refractivity contribution in [1.29, 1.82) is 0 Å². The standard InChI is InChI=1S/C13H18F6N4OS.HI/c1-2-20-11(21-4-3-5-24-8-12(14,15)16)22-6-10-23-9(7-25-10)13(17,18)19;/h7H,2-6,8H2,1H3,(H2,20,21,22);1H. The smallest absolute Gasteiger partial charge is 0.372 e. The Morgan fingerprint density at radius 3 is 2.46 bits per heavy atom. The van der Waals surface area contributed by atoms with Gasteiger partial charge in [-0.25, -0.2) is 9.98 Å². The van der Waals surface area contributed by atoms with Crippen molar-refractivity contribution in [2.24, 2.45) is 4.99 Å². The fourth-order valence-corrected chi connectivity index (χ4v) is 2.30. The largest absolute Gasteiger partial charge is 0.434 e. The normalized spacial score (nSPS) is 12.7. The molecule has 26 heavy (non-hydrogen) atoms. The lowest BCUT2D eigenvalue weighted by Gasteiger charge is -2.11. The van der Waals surface area contributed by atoms with Crippen LogP contribution in [0.3, 0.4) is 0 Å². The summed E-state index contributed by atoms with van der Waals surface area (Å²) in [6, 6.07) is 0. The Morgan fingerprint density at radius 2 is 1.92 bits per heavy atom. The summed E-state index contributed by atoms with van der Waals surface area (Å²) in [5, 5.41) is 6.86. The molecule has 0 aromatic carbocycles. The minimum absolute atomic E-state index is 0. The van der Waals surface area contributed by atoms with Crippen LogP contribution >= 0.6 is 35.3 Å². The third-order valence-corrected chi connectivity index (χ3v) is 3.42. The predicted molar refractivity (Wildman–Crippen MR) is 96.8 cm³/mol. The van der Waals surface area contributed by atoms with Crippen molar-refractivity contribution in [3.63, 3.8) is 0 Å². The number of rotatable bonds is 8. The zero-order chi connectivity index (χ0) is 18.9. The van der Waals surface area contributed by atoms with E-state index in [1.807, 2.05) is 0 Å². The molecule has 1 heterocycles. The average molecular weight is 520 g/mol. The molecule has 0 spiro atoms. The first-order valence-corrected chi connectivity index (χ1v) is 8.18. The van der Waals surface area contributed by atoms with Crippen LogP contribution in [-0.2, 0) is 17.5 Å². The van der Waals surface area contributed by atoms with Gasteiger partial charge in [0.05, 0.1) is 6.54 Å². The molecule has 1 aromatic rings. The van der Waals surface area contributed by atoms with Crippen LogP contribution in [0.4, 0.5) is 26.3 Å². The predicted octanol–water partition coefficient (Wildman–Crippen LogP) is 3.80. The van der Waals surface area contributed by atoms with Crippen molar-refractivity contribution in [1.82, 2.24) is 15.6 Å². The zero-order valence-electron chi connectivity index (χ0n) is 13.7. The summed E-state index contributed by atoms with van der Waals surface area (Å²) in [5.41, 5.74) is -0.956. The van der Waals surface area contributed by atoms with Crippen LogP contribution in [0.2, 0.25) is 0 Å². The van der Waals surface area contributed by atoms with Crippen molar-refractivity contribution in [3.05, 3.63) is 16.1 Å². The Labute approximate surface area is 167 Å². The fourth-order valence-electron chi connectivity index (χ4n) is 1.57. The van der Waals surface area contributed by atoms with Gasteiger partial charge >= 0.3 is 12.4 Å². The maximum atomic E-state index is 12.5. The minimum Gasteiger partial charge on any atom is -0.372 e. The highest BCUT2D eigenvalue weighted by Crippen LogP contribution is 2.30. The molecule has 0 atom stereocenters. The van der Waals surface area contributed by atoms with Gasteiger partial charge in [-0.2, -0.15) is 26.3 Å². The molecule has 5 nitrogen and oxygen atoms in total. The van der Waals surface area contributed by atoms with Crippen LogP contribution in [0, 0.1) is 0 Å². The second-order valence-corrected chi connectivity index (χ2v) is 5.71. The number of ether oxygens (including phenoxy) is 1. The second-order valence-electron chi connectivity index (χ2n) is 4.77. The molecule has 152 valence electrons. The van der Waals surface area contributed by atoms with Gasteiger partial charge in [0.1, 0.15) is 11.6 Å². The Hall–Kier alpha value is -0.830. The molecule has 0 amide bonds. The minimum atomic E-state index is -4.49. The van der Waals surface area contributed by atoms with Gasteiger partial charge in [-0.05, 0) is 13.3 Å². The molecule has 2 N–H and O–H groups in total. The third kappa shape index (κ3) is 11.0. The third-order valence-electron chi connectivity index (χ3n) is 2.58. The summed E-state index contributed by atoms with van der Waals surface area (Å²) in [4.78, 5) is 7.55. The van der Waals surface area contributed by atoms with Crippen LogP contribution in [0.15, 0.2) is 10.4 Å². The maximum Gasteiger partial charge on any atom is 0.434 e.